The Balaban J connectivity index is 2.06. The maximum atomic E-state index is 13.2. The van der Waals surface area contributed by atoms with E-state index in [2.05, 4.69) is 0 Å². The average molecular weight is 279 g/mol. The van der Waals surface area contributed by atoms with Gasteiger partial charge in [0.15, 0.2) is 11.6 Å². The number of hydrogen-bond donors (Lipinski definition) is 1. The molecule has 0 saturated carbocycles. The van der Waals surface area contributed by atoms with E-state index in [9.17, 15) is 13.2 Å². The molecule has 1 atom stereocenters. The SMILES string of the molecule is Cc1ccc(F)cc1CC(N)Cc1ccc(F)c(F)c1. The maximum absolute atomic E-state index is 13.2. The molecular weight excluding hydrogens is 263 g/mol. The topological polar surface area (TPSA) is 26.0 Å². The molecule has 1 unspecified atom stereocenters. The number of hydrogen-bond acceptors (Lipinski definition) is 1. The minimum atomic E-state index is -0.878. The van der Waals surface area contributed by atoms with Crippen molar-refractivity contribution in [2.24, 2.45) is 5.73 Å². The molecule has 0 aliphatic rings. The molecule has 2 aromatic rings. The molecule has 0 heterocycles. The predicted molar refractivity (Wildman–Crippen MR) is 72.9 cm³/mol. The zero-order valence-electron chi connectivity index (χ0n) is 11.2. The Labute approximate surface area is 116 Å². The van der Waals surface area contributed by atoms with E-state index in [-0.39, 0.29) is 11.9 Å². The Morgan fingerprint density at radius 3 is 2.40 bits per heavy atom. The molecule has 0 bridgehead atoms. The van der Waals surface area contributed by atoms with E-state index in [1.165, 1.54) is 18.2 Å². The molecule has 0 amide bonds. The standard InChI is InChI=1S/C16H16F3N/c1-10-2-4-13(17)8-12(10)9-14(20)6-11-3-5-15(18)16(19)7-11/h2-5,7-8,14H,6,9,20H2,1H3. The molecule has 0 fully saturated rings. The van der Waals surface area contributed by atoms with Crippen LogP contribution in [0.1, 0.15) is 16.7 Å². The summed E-state index contributed by atoms with van der Waals surface area (Å²) in [7, 11) is 0. The van der Waals surface area contributed by atoms with Crippen LogP contribution in [0.4, 0.5) is 13.2 Å². The lowest BCUT2D eigenvalue weighted by atomic mass is 9.97. The van der Waals surface area contributed by atoms with Crippen LogP contribution in [0, 0.1) is 24.4 Å². The van der Waals surface area contributed by atoms with Gasteiger partial charge >= 0.3 is 0 Å². The highest BCUT2D eigenvalue weighted by Gasteiger charge is 2.10. The highest BCUT2D eigenvalue weighted by Crippen LogP contribution is 2.15. The predicted octanol–water partition coefficient (Wildman–Crippen LogP) is 3.52. The third kappa shape index (κ3) is 3.61. The van der Waals surface area contributed by atoms with Crippen LogP contribution < -0.4 is 5.73 Å². The summed E-state index contributed by atoms with van der Waals surface area (Å²) in [6.07, 6.45) is 0.899. The van der Waals surface area contributed by atoms with E-state index in [0.29, 0.717) is 18.4 Å². The molecule has 2 rings (SSSR count). The number of benzene rings is 2. The van der Waals surface area contributed by atoms with Gasteiger partial charge in [0.1, 0.15) is 5.82 Å². The van der Waals surface area contributed by atoms with Crippen molar-refractivity contribution < 1.29 is 13.2 Å². The molecule has 1 nitrogen and oxygen atoms in total. The fraction of sp³-hybridized carbons (Fsp3) is 0.250. The van der Waals surface area contributed by atoms with Crippen molar-refractivity contribution in [2.45, 2.75) is 25.8 Å². The molecule has 0 radical (unpaired) electrons. The first-order valence-electron chi connectivity index (χ1n) is 6.40. The molecule has 0 spiro atoms. The van der Waals surface area contributed by atoms with E-state index in [4.69, 9.17) is 5.73 Å². The number of rotatable bonds is 4. The van der Waals surface area contributed by atoms with Gasteiger partial charge in [-0.2, -0.15) is 0 Å². The third-order valence-corrected chi connectivity index (χ3v) is 3.28. The van der Waals surface area contributed by atoms with Crippen molar-refractivity contribution >= 4 is 0 Å². The number of aryl methyl sites for hydroxylation is 1. The van der Waals surface area contributed by atoms with Crippen molar-refractivity contribution in [3.63, 3.8) is 0 Å². The summed E-state index contributed by atoms with van der Waals surface area (Å²) >= 11 is 0. The lowest BCUT2D eigenvalue weighted by Gasteiger charge is -2.14. The van der Waals surface area contributed by atoms with Gasteiger partial charge in [-0.1, -0.05) is 12.1 Å². The second-order valence-electron chi connectivity index (χ2n) is 4.99. The van der Waals surface area contributed by atoms with Crippen LogP contribution >= 0.6 is 0 Å². The van der Waals surface area contributed by atoms with Crippen LogP contribution in [0.3, 0.4) is 0 Å². The highest BCUT2D eigenvalue weighted by atomic mass is 19.2. The van der Waals surface area contributed by atoms with Crippen LogP contribution in [-0.4, -0.2) is 6.04 Å². The second-order valence-corrected chi connectivity index (χ2v) is 4.99. The van der Waals surface area contributed by atoms with Gasteiger partial charge in [-0.25, -0.2) is 13.2 Å². The van der Waals surface area contributed by atoms with Gasteiger partial charge in [0, 0.05) is 6.04 Å². The largest absolute Gasteiger partial charge is 0.327 e. The van der Waals surface area contributed by atoms with Crippen LogP contribution in [0.2, 0.25) is 0 Å². The molecule has 2 N–H and O–H groups in total. The molecule has 2 aromatic carbocycles. The molecule has 0 aliphatic heterocycles. The summed E-state index contributed by atoms with van der Waals surface area (Å²) in [5.74, 6) is -2.05. The van der Waals surface area contributed by atoms with Crippen LogP contribution in [0.5, 0.6) is 0 Å². The first-order valence-corrected chi connectivity index (χ1v) is 6.40. The van der Waals surface area contributed by atoms with E-state index in [0.717, 1.165) is 23.3 Å². The number of halogens is 3. The first kappa shape index (κ1) is 14.6. The Kier molecular flexibility index (Phi) is 4.45. The van der Waals surface area contributed by atoms with Crippen molar-refractivity contribution in [3.05, 3.63) is 70.5 Å². The Morgan fingerprint density at radius 1 is 0.950 bits per heavy atom. The summed E-state index contributed by atoms with van der Waals surface area (Å²) in [5, 5.41) is 0. The fourth-order valence-corrected chi connectivity index (χ4v) is 2.18. The van der Waals surface area contributed by atoms with Gasteiger partial charge in [0.25, 0.3) is 0 Å². The molecule has 0 aliphatic carbocycles. The lowest BCUT2D eigenvalue weighted by Crippen LogP contribution is -2.26. The molecule has 20 heavy (non-hydrogen) atoms. The van der Waals surface area contributed by atoms with Crippen molar-refractivity contribution in [3.8, 4) is 0 Å². The molecule has 0 aromatic heterocycles. The van der Waals surface area contributed by atoms with Gasteiger partial charge in [-0.05, 0) is 60.7 Å². The summed E-state index contributed by atoms with van der Waals surface area (Å²) in [4.78, 5) is 0. The number of nitrogens with two attached hydrogens (primary N) is 1. The monoisotopic (exact) mass is 279 g/mol. The average Bonchev–Trinajstić information content (AvgIpc) is 2.38. The Morgan fingerprint density at radius 2 is 1.70 bits per heavy atom. The van der Waals surface area contributed by atoms with Gasteiger partial charge in [-0.15, -0.1) is 0 Å². The van der Waals surface area contributed by atoms with Crippen molar-refractivity contribution in [1.82, 2.24) is 0 Å². The minimum Gasteiger partial charge on any atom is -0.327 e. The zero-order valence-corrected chi connectivity index (χ0v) is 11.2. The minimum absolute atomic E-state index is 0.277. The molecule has 106 valence electrons. The Hall–Kier alpha value is -1.81. The second kappa shape index (κ2) is 6.09. The van der Waals surface area contributed by atoms with E-state index < -0.39 is 11.6 Å². The van der Waals surface area contributed by atoms with E-state index >= 15 is 0 Å². The molecule has 0 saturated heterocycles. The van der Waals surface area contributed by atoms with E-state index in [1.54, 1.807) is 6.07 Å². The summed E-state index contributed by atoms with van der Waals surface area (Å²) in [6, 6.07) is 8.03. The summed E-state index contributed by atoms with van der Waals surface area (Å²) in [5.41, 5.74) is 8.43. The quantitative estimate of drug-likeness (QED) is 0.910. The Bertz CT molecular complexity index is 611. The van der Waals surface area contributed by atoms with Gasteiger partial charge in [-0.3, -0.25) is 0 Å². The molecular formula is C16H16F3N. The van der Waals surface area contributed by atoms with Gasteiger partial charge in [0.05, 0.1) is 0 Å². The van der Waals surface area contributed by atoms with Crippen molar-refractivity contribution in [2.75, 3.05) is 0 Å². The summed E-state index contributed by atoms with van der Waals surface area (Å²) in [6.45, 7) is 1.89. The third-order valence-electron chi connectivity index (χ3n) is 3.28. The van der Waals surface area contributed by atoms with Gasteiger partial charge < -0.3 is 5.73 Å². The van der Waals surface area contributed by atoms with Crippen LogP contribution in [-0.2, 0) is 12.8 Å². The first-order chi connectivity index (χ1) is 9.45. The lowest BCUT2D eigenvalue weighted by molar-refractivity contribution is 0.506. The normalized spacial score (nSPS) is 12.4. The zero-order chi connectivity index (χ0) is 14.7. The van der Waals surface area contributed by atoms with E-state index in [1.807, 2.05) is 6.92 Å². The highest BCUT2D eigenvalue weighted by molar-refractivity contribution is 5.28. The van der Waals surface area contributed by atoms with Crippen LogP contribution in [0.15, 0.2) is 36.4 Å². The van der Waals surface area contributed by atoms with Crippen molar-refractivity contribution in [1.29, 1.82) is 0 Å². The molecule has 4 heteroatoms. The van der Waals surface area contributed by atoms with Gasteiger partial charge in [0.2, 0.25) is 0 Å². The fourth-order valence-electron chi connectivity index (χ4n) is 2.18. The summed E-state index contributed by atoms with van der Waals surface area (Å²) < 4.78 is 39.1. The maximum Gasteiger partial charge on any atom is 0.159 e. The smallest absolute Gasteiger partial charge is 0.159 e. The van der Waals surface area contributed by atoms with Crippen LogP contribution in [0.25, 0.3) is 0 Å².